The lowest BCUT2D eigenvalue weighted by atomic mass is 10.4. The van der Waals surface area contributed by atoms with Crippen molar-refractivity contribution in [2.24, 2.45) is 0 Å². The van der Waals surface area contributed by atoms with E-state index in [-0.39, 0.29) is 5.75 Å². The highest BCUT2D eigenvalue weighted by Crippen LogP contribution is 2.22. The van der Waals surface area contributed by atoms with E-state index in [1.165, 1.54) is 0 Å². The van der Waals surface area contributed by atoms with E-state index >= 15 is 0 Å². The van der Waals surface area contributed by atoms with Gasteiger partial charge in [0.1, 0.15) is 6.61 Å². The summed E-state index contributed by atoms with van der Waals surface area (Å²) in [5.41, 5.74) is 0.618. The number of aromatic nitrogens is 2. The molecule has 1 rings (SSSR count). The lowest BCUT2D eigenvalue weighted by Gasteiger charge is -2.06. The average Bonchev–Trinajstić information content (AvgIpc) is 2.06. The van der Waals surface area contributed by atoms with Crippen molar-refractivity contribution in [3.8, 4) is 5.75 Å². The second-order valence-electron chi connectivity index (χ2n) is 2.34. The van der Waals surface area contributed by atoms with E-state index in [9.17, 15) is 8.78 Å². The van der Waals surface area contributed by atoms with Gasteiger partial charge in [-0.3, -0.25) is 0 Å². The Bertz CT molecular complexity index is 296. The summed E-state index contributed by atoms with van der Waals surface area (Å²) in [4.78, 5) is 0. The molecule has 0 spiro atoms. The third-order valence-electron chi connectivity index (χ3n) is 1.20. The van der Waals surface area contributed by atoms with Crippen LogP contribution in [0.2, 0.25) is 0 Å². The summed E-state index contributed by atoms with van der Waals surface area (Å²) in [5.74, 6) is 0.285. The summed E-state index contributed by atoms with van der Waals surface area (Å²) in [7, 11) is 0. The molecule has 3 nitrogen and oxygen atoms in total. The number of halogens is 3. The lowest BCUT2D eigenvalue weighted by molar-refractivity contribution is 0.0811. The maximum atomic E-state index is 11.8. The van der Waals surface area contributed by atoms with Gasteiger partial charge in [-0.15, -0.1) is 5.10 Å². The smallest absolute Gasteiger partial charge is 0.272 e. The topological polar surface area (TPSA) is 35.0 Å². The van der Waals surface area contributed by atoms with E-state index in [1.807, 2.05) is 0 Å². The fourth-order valence-corrected chi connectivity index (χ4v) is 1.01. The van der Waals surface area contributed by atoms with Crippen LogP contribution in [-0.2, 0) is 0 Å². The molecular formula is C7H7BrF2N2O. The Hall–Kier alpha value is -0.780. The first-order chi connectivity index (χ1) is 6.09. The van der Waals surface area contributed by atoms with Gasteiger partial charge in [-0.05, 0) is 22.9 Å². The average molecular weight is 253 g/mol. The Balaban J connectivity index is 2.70. The van der Waals surface area contributed by atoms with Crippen LogP contribution in [0.1, 0.15) is 5.69 Å². The van der Waals surface area contributed by atoms with Crippen molar-refractivity contribution in [1.29, 1.82) is 0 Å². The van der Waals surface area contributed by atoms with Crippen molar-refractivity contribution in [3.05, 3.63) is 16.4 Å². The molecule has 0 amide bonds. The van der Waals surface area contributed by atoms with E-state index in [4.69, 9.17) is 4.74 Å². The van der Waals surface area contributed by atoms with E-state index in [0.717, 1.165) is 0 Å². The first kappa shape index (κ1) is 10.3. The zero-order valence-corrected chi connectivity index (χ0v) is 8.38. The predicted octanol–water partition coefficient (Wildman–Crippen LogP) is 2.19. The van der Waals surface area contributed by atoms with Crippen LogP contribution < -0.4 is 4.74 Å². The molecule has 0 bridgehead atoms. The maximum absolute atomic E-state index is 11.8. The third kappa shape index (κ3) is 3.22. The quantitative estimate of drug-likeness (QED) is 0.828. The molecule has 0 radical (unpaired) electrons. The first-order valence-corrected chi connectivity index (χ1v) is 4.29. The van der Waals surface area contributed by atoms with Gasteiger partial charge in [-0.1, -0.05) is 0 Å². The van der Waals surface area contributed by atoms with Crippen LogP contribution in [0.25, 0.3) is 0 Å². The van der Waals surface area contributed by atoms with Gasteiger partial charge in [-0.2, -0.15) is 5.10 Å². The SMILES string of the molecule is Cc1cc(OCC(F)F)c(Br)nn1. The number of nitrogens with zero attached hydrogens (tertiary/aromatic N) is 2. The molecule has 72 valence electrons. The van der Waals surface area contributed by atoms with Crippen LogP contribution >= 0.6 is 15.9 Å². The molecule has 0 atom stereocenters. The van der Waals surface area contributed by atoms with Crippen LogP contribution in [0.15, 0.2) is 10.7 Å². The second kappa shape index (κ2) is 4.45. The number of aryl methyl sites for hydroxylation is 1. The van der Waals surface area contributed by atoms with Crippen LogP contribution in [-0.4, -0.2) is 23.2 Å². The highest BCUT2D eigenvalue weighted by Gasteiger charge is 2.07. The highest BCUT2D eigenvalue weighted by atomic mass is 79.9. The summed E-state index contributed by atoms with van der Waals surface area (Å²) >= 11 is 3.04. The molecule has 0 unspecified atom stereocenters. The van der Waals surface area contributed by atoms with Crippen molar-refractivity contribution in [2.45, 2.75) is 13.3 Å². The molecule has 0 aliphatic heterocycles. The molecule has 1 aromatic rings. The minimum atomic E-state index is -2.49. The number of hydrogen-bond donors (Lipinski definition) is 0. The van der Waals surface area contributed by atoms with Crippen LogP contribution in [0.5, 0.6) is 5.75 Å². The molecular weight excluding hydrogens is 246 g/mol. The Morgan fingerprint density at radius 1 is 1.54 bits per heavy atom. The molecule has 1 heterocycles. The standard InChI is InChI=1S/C7H7BrF2N2O/c1-4-2-5(7(8)12-11-4)13-3-6(9)10/h2,6H,3H2,1H3. The Labute approximate surface area is 82.2 Å². The highest BCUT2D eigenvalue weighted by molar-refractivity contribution is 9.10. The van der Waals surface area contributed by atoms with Crippen LogP contribution in [0, 0.1) is 6.92 Å². The first-order valence-electron chi connectivity index (χ1n) is 3.50. The largest absolute Gasteiger partial charge is 0.485 e. The van der Waals surface area contributed by atoms with Crippen molar-refractivity contribution >= 4 is 15.9 Å². The van der Waals surface area contributed by atoms with E-state index < -0.39 is 13.0 Å². The van der Waals surface area contributed by atoms with Crippen molar-refractivity contribution in [3.63, 3.8) is 0 Å². The molecule has 0 N–H and O–H groups in total. The predicted molar refractivity (Wildman–Crippen MR) is 46.0 cm³/mol. The third-order valence-corrected chi connectivity index (χ3v) is 1.75. The molecule has 0 aliphatic carbocycles. The van der Waals surface area contributed by atoms with Crippen molar-refractivity contribution < 1.29 is 13.5 Å². The summed E-state index contributed by atoms with van der Waals surface area (Å²) in [5, 5.41) is 7.36. The number of alkyl halides is 2. The van der Waals surface area contributed by atoms with Gasteiger partial charge in [0.05, 0.1) is 5.69 Å². The zero-order valence-electron chi connectivity index (χ0n) is 6.80. The molecule has 0 aliphatic rings. The second-order valence-corrected chi connectivity index (χ2v) is 3.09. The van der Waals surface area contributed by atoms with Crippen LogP contribution in [0.4, 0.5) is 8.78 Å². The van der Waals surface area contributed by atoms with Gasteiger partial charge < -0.3 is 4.74 Å². The Kier molecular flexibility index (Phi) is 3.53. The summed E-state index contributed by atoms with van der Waals surface area (Å²) in [6.45, 7) is 1.07. The Morgan fingerprint density at radius 3 is 2.85 bits per heavy atom. The minimum Gasteiger partial charge on any atom is -0.485 e. The van der Waals surface area contributed by atoms with Gasteiger partial charge >= 0.3 is 0 Å². The summed E-state index contributed by atoms with van der Waals surface area (Å²) in [6, 6.07) is 1.54. The zero-order chi connectivity index (χ0) is 9.84. The number of rotatable bonds is 3. The van der Waals surface area contributed by atoms with Crippen molar-refractivity contribution in [2.75, 3.05) is 6.61 Å². The maximum Gasteiger partial charge on any atom is 0.272 e. The number of ether oxygens (including phenoxy) is 1. The fourth-order valence-electron chi connectivity index (χ4n) is 0.704. The van der Waals surface area contributed by atoms with Gasteiger partial charge in [-0.25, -0.2) is 8.78 Å². The lowest BCUT2D eigenvalue weighted by Crippen LogP contribution is -2.08. The fraction of sp³-hybridized carbons (Fsp3) is 0.429. The molecule has 13 heavy (non-hydrogen) atoms. The van der Waals surface area contributed by atoms with Gasteiger partial charge in [0.15, 0.2) is 10.4 Å². The molecule has 0 fully saturated rings. The van der Waals surface area contributed by atoms with Crippen molar-refractivity contribution in [1.82, 2.24) is 10.2 Å². The molecule has 1 aromatic heterocycles. The van der Waals surface area contributed by atoms with E-state index in [0.29, 0.717) is 10.3 Å². The summed E-state index contributed by atoms with van der Waals surface area (Å²) < 4.78 is 28.7. The summed E-state index contributed by atoms with van der Waals surface area (Å²) in [6.07, 6.45) is -2.49. The normalized spacial score (nSPS) is 10.5. The Morgan fingerprint density at radius 2 is 2.23 bits per heavy atom. The van der Waals surface area contributed by atoms with Crippen LogP contribution in [0.3, 0.4) is 0 Å². The molecule has 0 saturated heterocycles. The van der Waals surface area contributed by atoms with E-state index in [2.05, 4.69) is 26.1 Å². The molecule has 0 aromatic carbocycles. The van der Waals surface area contributed by atoms with E-state index in [1.54, 1.807) is 13.0 Å². The monoisotopic (exact) mass is 252 g/mol. The number of hydrogen-bond acceptors (Lipinski definition) is 3. The minimum absolute atomic E-state index is 0.285. The van der Waals surface area contributed by atoms with Gasteiger partial charge in [0.25, 0.3) is 6.43 Å². The van der Waals surface area contributed by atoms with Gasteiger partial charge in [0, 0.05) is 6.07 Å². The van der Waals surface area contributed by atoms with Gasteiger partial charge in [0.2, 0.25) is 0 Å². The molecule has 6 heteroatoms. The molecule has 0 saturated carbocycles.